The summed E-state index contributed by atoms with van der Waals surface area (Å²) in [7, 11) is 1.37. The Hall–Kier alpha value is -3.20. The first kappa shape index (κ1) is 22.5. The van der Waals surface area contributed by atoms with Gasteiger partial charge in [-0.25, -0.2) is 4.79 Å². The summed E-state index contributed by atoms with van der Waals surface area (Å²) in [5.41, 5.74) is 3.73. The minimum absolute atomic E-state index is 0.109. The van der Waals surface area contributed by atoms with Crippen molar-refractivity contribution in [1.29, 1.82) is 0 Å². The third kappa shape index (κ3) is 4.61. The van der Waals surface area contributed by atoms with Crippen molar-refractivity contribution in [2.24, 2.45) is 11.8 Å². The van der Waals surface area contributed by atoms with E-state index in [1.54, 1.807) is 13.1 Å². The van der Waals surface area contributed by atoms with Gasteiger partial charge in [-0.15, -0.1) is 0 Å². The topological polar surface area (TPSA) is 116 Å². The van der Waals surface area contributed by atoms with Crippen molar-refractivity contribution in [3.05, 3.63) is 52.8 Å². The van der Waals surface area contributed by atoms with Gasteiger partial charge in [-0.05, 0) is 24.0 Å². The standard InChI is InChI=1S/C21H26N4O3.CH2O2/c1-13-6-4-5-7-17(13)20-18-12-24(10-16(18)11-25(20)14(2)26)9-15-8-22-23-19(15)21(27)28-3;2-1-3/h4-8,16,18,20H,9-12H2,1-3H3,(H,22,23);1H,(H,2,3)/t16-,18-,20-;/m1./s1. The number of ether oxygens (including phenoxy) is 1. The second kappa shape index (κ2) is 9.74. The number of aryl methyl sites for hydroxylation is 1. The van der Waals surface area contributed by atoms with Crippen molar-refractivity contribution in [2.75, 3.05) is 26.7 Å². The van der Waals surface area contributed by atoms with Crippen LogP contribution in [0, 0.1) is 18.8 Å². The van der Waals surface area contributed by atoms with Crippen molar-refractivity contribution < 1.29 is 24.2 Å². The molecule has 1 aromatic heterocycles. The van der Waals surface area contributed by atoms with E-state index in [1.807, 2.05) is 11.0 Å². The fraction of sp³-hybridized carbons (Fsp3) is 0.455. The van der Waals surface area contributed by atoms with Gasteiger partial charge in [0.05, 0.1) is 19.3 Å². The number of nitrogens with zero attached hydrogens (tertiary/aromatic N) is 3. The fourth-order valence-electron chi connectivity index (χ4n) is 4.86. The number of carbonyl (C=O) groups is 3. The number of benzene rings is 1. The minimum Gasteiger partial charge on any atom is -0.483 e. The van der Waals surface area contributed by atoms with Gasteiger partial charge in [-0.1, -0.05) is 24.3 Å². The Labute approximate surface area is 181 Å². The van der Waals surface area contributed by atoms with E-state index in [0.717, 1.165) is 25.2 Å². The van der Waals surface area contributed by atoms with Crippen molar-refractivity contribution in [3.8, 4) is 0 Å². The van der Waals surface area contributed by atoms with Gasteiger partial charge in [0.15, 0.2) is 0 Å². The zero-order valence-electron chi connectivity index (χ0n) is 17.9. The highest BCUT2D eigenvalue weighted by Crippen LogP contribution is 2.46. The Morgan fingerprint density at radius 2 is 2.00 bits per heavy atom. The van der Waals surface area contributed by atoms with E-state index in [1.165, 1.54) is 18.2 Å². The maximum Gasteiger partial charge on any atom is 0.356 e. The molecule has 0 aliphatic carbocycles. The summed E-state index contributed by atoms with van der Waals surface area (Å²) in [5, 5.41) is 13.6. The van der Waals surface area contributed by atoms with Crippen LogP contribution in [0.4, 0.5) is 0 Å². The van der Waals surface area contributed by atoms with Crippen molar-refractivity contribution in [3.63, 3.8) is 0 Å². The first-order valence-electron chi connectivity index (χ1n) is 10.1. The number of aromatic amines is 1. The molecule has 9 heteroatoms. The second-order valence-corrected chi connectivity index (χ2v) is 7.96. The summed E-state index contributed by atoms with van der Waals surface area (Å²) in [6.07, 6.45) is 1.70. The van der Waals surface area contributed by atoms with Gasteiger partial charge in [0.1, 0.15) is 5.69 Å². The minimum atomic E-state index is -0.396. The molecule has 166 valence electrons. The number of rotatable bonds is 4. The van der Waals surface area contributed by atoms with Gasteiger partial charge < -0.3 is 14.7 Å². The van der Waals surface area contributed by atoms with E-state index < -0.39 is 5.97 Å². The summed E-state index contributed by atoms with van der Waals surface area (Å²) in [5.74, 6) is 0.560. The third-order valence-corrected chi connectivity index (χ3v) is 6.15. The van der Waals surface area contributed by atoms with E-state index in [-0.39, 0.29) is 18.4 Å². The number of methoxy groups -OCH3 is 1. The number of nitrogens with one attached hydrogen (secondary N) is 1. The molecule has 2 aliphatic heterocycles. The highest BCUT2D eigenvalue weighted by Gasteiger charge is 2.48. The van der Waals surface area contributed by atoms with Crippen LogP contribution >= 0.6 is 0 Å². The number of carbonyl (C=O) groups excluding carboxylic acids is 2. The quantitative estimate of drug-likeness (QED) is 0.564. The predicted octanol–water partition coefficient (Wildman–Crippen LogP) is 1.86. The van der Waals surface area contributed by atoms with E-state index in [2.05, 4.69) is 40.2 Å². The van der Waals surface area contributed by atoms with E-state index >= 15 is 0 Å². The molecule has 3 atom stereocenters. The first-order chi connectivity index (χ1) is 14.9. The second-order valence-electron chi connectivity index (χ2n) is 7.96. The molecule has 2 aromatic rings. The number of likely N-dealkylation sites (tertiary alicyclic amines) is 2. The van der Waals surface area contributed by atoms with E-state index in [4.69, 9.17) is 14.6 Å². The van der Waals surface area contributed by atoms with E-state index in [0.29, 0.717) is 24.1 Å². The number of amides is 1. The summed E-state index contributed by atoms with van der Waals surface area (Å²) < 4.78 is 4.83. The van der Waals surface area contributed by atoms with Crippen molar-refractivity contribution in [1.82, 2.24) is 20.0 Å². The Bertz CT molecular complexity index is 943. The molecule has 3 heterocycles. The van der Waals surface area contributed by atoms with Crippen LogP contribution < -0.4 is 0 Å². The number of carboxylic acid groups (broad SMARTS) is 1. The zero-order chi connectivity index (χ0) is 22.5. The van der Waals surface area contributed by atoms with Crippen LogP contribution in [0.15, 0.2) is 30.5 Å². The maximum absolute atomic E-state index is 12.3. The van der Waals surface area contributed by atoms with Crippen molar-refractivity contribution >= 4 is 18.3 Å². The lowest BCUT2D eigenvalue weighted by Crippen LogP contribution is -2.34. The molecule has 0 bridgehead atoms. The van der Waals surface area contributed by atoms with Crippen molar-refractivity contribution in [2.45, 2.75) is 26.4 Å². The highest BCUT2D eigenvalue weighted by molar-refractivity contribution is 5.88. The van der Waals surface area contributed by atoms with E-state index in [9.17, 15) is 9.59 Å². The van der Waals surface area contributed by atoms with Crippen LogP contribution in [0.1, 0.15) is 40.1 Å². The van der Waals surface area contributed by atoms with Gasteiger partial charge in [-0.2, -0.15) is 5.10 Å². The average molecular weight is 428 g/mol. The Kier molecular flexibility index (Phi) is 7.06. The number of H-pyrrole nitrogens is 1. The van der Waals surface area contributed by atoms with Crippen LogP contribution in [0.5, 0.6) is 0 Å². The maximum atomic E-state index is 12.3. The van der Waals surface area contributed by atoms with Gasteiger partial charge in [-0.3, -0.25) is 19.6 Å². The summed E-state index contributed by atoms with van der Waals surface area (Å²) in [6.45, 7) is 6.75. The van der Waals surface area contributed by atoms with Gasteiger partial charge in [0.25, 0.3) is 6.47 Å². The predicted molar refractivity (Wildman–Crippen MR) is 112 cm³/mol. The van der Waals surface area contributed by atoms with Gasteiger partial charge >= 0.3 is 5.97 Å². The summed E-state index contributed by atoms with van der Waals surface area (Å²) in [6, 6.07) is 8.46. The number of hydrogen-bond acceptors (Lipinski definition) is 6. The first-order valence-corrected chi connectivity index (χ1v) is 10.1. The molecule has 31 heavy (non-hydrogen) atoms. The third-order valence-electron chi connectivity index (χ3n) is 6.15. The normalized spacial score (nSPS) is 22.4. The SMILES string of the molecule is COC(=O)c1[nH]ncc1CN1C[C@@H]2CN(C(C)=O)[C@H](c3ccccc3C)[C@@H]2C1.O=CO. The van der Waals surface area contributed by atoms with Crippen LogP contribution in [-0.2, 0) is 20.9 Å². The lowest BCUT2D eigenvalue weighted by molar-refractivity contribution is -0.130. The van der Waals surface area contributed by atoms with Crippen LogP contribution in [0.2, 0.25) is 0 Å². The molecule has 2 aliphatic rings. The summed E-state index contributed by atoms with van der Waals surface area (Å²) in [4.78, 5) is 37.0. The Morgan fingerprint density at radius 3 is 2.65 bits per heavy atom. The molecule has 0 unspecified atom stereocenters. The Balaban J connectivity index is 0.000000858. The fourth-order valence-corrected chi connectivity index (χ4v) is 4.86. The zero-order valence-corrected chi connectivity index (χ0v) is 17.9. The molecule has 1 amide bonds. The lowest BCUT2D eigenvalue weighted by atomic mass is 9.87. The molecular weight excluding hydrogens is 400 g/mol. The molecule has 2 saturated heterocycles. The molecule has 0 radical (unpaired) electrons. The number of hydrogen-bond donors (Lipinski definition) is 2. The number of esters is 1. The largest absolute Gasteiger partial charge is 0.483 e. The monoisotopic (exact) mass is 428 g/mol. The summed E-state index contributed by atoms with van der Waals surface area (Å²) >= 11 is 0. The molecule has 1 aromatic carbocycles. The molecule has 4 rings (SSSR count). The lowest BCUT2D eigenvalue weighted by Gasteiger charge is -2.30. The Morgan fingerprint density at radius 1 is 1.29 bits per heavy atom. The van der Waals surface area contributed by atoms with Crippen LogP contribution in [0.25, 0.3) is 0 Å². The number of aromatic nitrogens is 2. The molecule has 2 fully saturated rings. The molecule has 9 nitrogen and oxygen atoms in total. The average Bonchev–Trinajstić information content (AvgIpc) is 3.43. The highest BCUT2D eigenvalue weighted by atomic mass is 16.5. The molecule has 2 N–H and O–H groups in total. The smallest absolute Gasteiger partial charge is 0.356 e. The van der Waals surface area contributed by atoms with Gasteiger partial charge in [0.2, 0.25) is 5.91 Å². The molecule has 0 saturated carbocycles. The molecular formula is C22H28N4O5. The van der Waals surface area contributed by atoms with Gasteiger partial charge in [0, 0.05) is 44.6 Å². The molecule has 0 spiro atoms. The van der Waals surface area contributed by atoms with Crippen LogP contribution in [0.3, 0.4) is 0 Å². The number of fused-ring (bicyclic) bond motifs is 1. The van der Waals surface area contributed by atoms with Crippen LogP contribution in [-0.4, -0.2) is 70.2 Å².